The highest BCUT2D eigenvalue weighted by molar-refractivity contribution is 9.10. The SMILES string of the molecule is CCc1ccc(CC)c(C(Br)c2cccc(Br)c2Cl)c1. The number of hydrogen-bond acceptors (Lipinski definition) is 0. The van der Waals surface area contributed by atoms with Gasteiger partial charge in [0.15, 0.2) is 0 Å². The molecule has 0 amide bonds. The van der Waals surface area contributed by atoms with Gasteiger partial charge in [0.25, 0.3) is 0 Å². The lowest BCUT2D eigenvalue weighted by Gasteiger charge is -2.18. The van der Waals surface area contributed by atoms with Gasteiger partial charge in [-0.05, 0) is 57.1 Å². The van der Waals surface area contributed by atoms with Crippen molar-refractivity contribution in [3.8, 4) is 0 Å². The highest BCUT2D eigenvalue weighted by Gasteiger charge is 2.18. The monoisotopic (exact) mass is 414 g/mol. The highest BCUT2D eigenvalue weighted by Crippen LogP contribution is 2.40. The van der Waals surface area contributed by atoms with Gasteiger partial charge in [-0.2, -0.15) is 0 Å². The molecule has 3 heteroatoms. The van der Waals surface area contributed by atoms with Crippen molar-refractivity contribution >= 4 is 43.5 Å². The van der Waals surface area contributed by atoms with Crippen LogP contribution in [0.5, 0.6) is 0 Å². The normalized spacial score (nSPS) is 12.4. The average molecular weight is 417 g/mol. The van der Waals surface area contributed by atoms with E-state index in [1.54, 1.807) is 0 Å². The molecule has 106 valence electrons. The number of hydrogen-bond donors (Lipinski definition) is 0. The van der Waals surface area contributed by atoms with Gasteiger partial charge in [0.1, 0.15) is 0 Å². The first-order valence-electron chi connectivity index (χ1n) is 6.78. The summed E-state index contributed by atoms with van der Waals surface area (Å²) in [5, 5.41) is 0.776. The summed E-state index contributed by atoms with van der Waals surface area (Å²) in [6.45, 7) is 4.37. The minimum Gasteiger partial charge on any atom is -0.0827 e. The van der Waals surface area contributed by atoms with Crippen molar-refractivity contribution in [2.75, 3.05) is 0 Å². The molecule has 2 aromatic rings. The van der Waals surface area contributed by atoms with Crippen molar-refractivity contribution in [2.24, 2.45) is 0 Å². The summed E-state index contributed by atoms with van der Waals surface area (Å²) in [4.78, 5) is 0.119. The topological polar surface area (TPSA) is 0 Å². The number of benzene rings is 2. The van der Waals surface area contributed by atoms with Gasteiger partial charge in [0.05, 0.1) is 9.85 Å². The molecular formula is C17H17Br2Cl. The molecule has 0 heterocycles. The van der Waals surface area contributed by atoms with Gasteiger partial charge in [-0.3, -0.25) is 0 Å². The quantitative estimate of drug-likeness (QED) is 0.486. The molecule has 0 fully saturated rings. The lowest BCUT2D eigenvalue weighted by molar-refractivity contribution is 1.03. The fourth-order valence-corrected chi connectivity index (χ4v) is 3.86. The summed E-state index contributed by atoms with van der Waals surface area (Å²) in [5.74, 6) is 0. The lowest BCUT2D eigenvalue weighted by Crippen LogP contribution is -2.00. The van der Waals surface area contributed by atoms with Crippen LogP contribution in [0.15, 0.2) is 40.9 Å². The Bertz CT molecular complexity index is 608. The van der Waals surface area contributed by atoms with E-state index in [9.17, 15) is 0 Å². The van der Waals surface area contributed by atoms with Crippen LogP contribution in [0.2, 0.25) is 5.02 Å². The van der Waals surface area contributed by atoms with Gasteiger partial charge in [-0.1, -0.05) is 71.7 Å². The number of alkyl halides is 1. The maximum absolute atomic E-state index is 6.43. The molecule has 0 aromatic heterocycles. The summed E-state index contributed by atoms with van der Waals surface area (Å²) in [7, 11) is 0. The summed E-state index contributed by atoms with van der Waals surface area (Å²) in [6, 6.07) is 12.8. The first-order chi connectivity index (χ1) is 9.58. The van der Waals surface area contributed by atoms with Crippen molar-refractivity contribution in [3.05, 3.63) is 68.1 Å². The molecule has 0 bridgehead atoms. The van der Waals surface area contributed by atoms with Crippen molar-refractivity contribution < 1.29 is 0 Å². The second kappa shape index (κ2) is 7.11. The summed E-state index contributed by atoms with van der Waals surface area (Å²) >= 11 is 13.8. The molecule has 0 aliphatic carbocycles. The average Bonchev–Trinajstić information content (AvgIpc) is 2.48. The fourth-order valence-electron chi connectivity index (χ4n) is 2.31. The molecule has 0 spiro atoms. The minimum absolute atomic E-state index is 0.119. The molecular weight excluding hydrogens is 399 g/mol. The Morgan fingerprint density at radius 2 is 1.80 bits per heavy atom. The molecule has 2 aromatic carbocycles. The van der Waals surface area contributed by atoms with E-state index in [0.717, 1.165) is 27.9 Å². The van der Waals surface area contributed by atoms with Crippen molar-refractivity contribution in [2.45, 2.75) is 31.5 Å². The van der Waals surface area contributed by atoms with E-state index in [1.807, 2.05) is 12.1 Å². The third-order valence-corrected chi connectivity index (χ3v) is 5.82. The maximum Gasteiger partial charge on any atom is 0.0662 e. The van der Waals surface area contributed by atoms with Crippen LogP contribution in [0.1, 0.15) is 40.9 Å². The van der Waals surface area contributed by atoms with Crippen LogP contribution in [0.3, 0.4) is 0 Å². The van der Waals surface area contributed by atoms with Gasteiger partial charge in [-0.25, -0.2) is 0 Å². The molecule has 2 rings (SSSR count). The Hall–Kier alpha value is -0.310. The molecule has 0 nitrogen and oxygen atoms in total. The van der Waals surface area contributed by atoms with E-state index < -0.39 is 0 Å². The number of rotatable bonds is 4. The molecule has 0 aliphatic heterocycles. The molecule has 0 saturated carbocycles. The zero-order valence-corrected chi connectivity index (χ0v) is 15.5. The first kappa shape index (κ1) is 16.1. The van der Waals surface area contributed by atoms with Crippen LogP contribution in [-0.2, 0) is 12.8 Å². The highest BCUT2D eigenvalue weighted by atomic mass is 79.9. The van der Waals surface area contributed by atoms with Gasteiger partial charge in [-0.15, -0.1) is 0 Å². The first-order valence-corrected chi connectivity index (χ1v) is 8.86. The van der Waals surface area contributed by atoms with Crippen LogP contribution in [-0.4, -0.2) is 0 Å². The summed E-state index contributed by atoms with van der Waals surface area (Å²) in [6.07, 6.45) is 2.07. The van der Waals surface area contributed by atoms with Crippen molar-refractivity contribution in [1.29, 1.82) is 0 Å². The van der Waals surface area contributed by atoms with Crippen LogP contribution < -0.4 is 0 Å². The van der Waals surface area contributed by atoms with E-state index in [4.69, 9.17) is 11.6 Å². The number of aryl methyl sites for hydroxylation is 2. The zero-order valence-electron chi connectivity index (χ0n) is 11.6. The number of halogens is 3. The van der Waals surface area contributed by atoms with Gasteiger partial charge >= 0.3 is 0 Å². The third-order valence-electron chi connectivity index (χ3n) is 3.53. The van der Waals surface area contributed by atoms with Crippen LogP contribution in [0, 0.1) is 0 Å². The summed E-state index contributed by atoms with van der Waals surface area (Å²) < 4.78 is 0.936. The Morgan fingerprint density at radius 1 is 1.05 bits per heavy atom. The summed E-state index contributed by atoms with van der Waals surface area (Å²) in [5.41, 5.74) is 5.13. The zero-order chi connectivity index (χ0) is 14.7. The van der Waals surface area contributed by atoms with E-state index >= 15 is 0 Å². The Kier molecular flexibility index (Phi) is 5.71. The van der Waals surface area contributed by atoms with Gasteiger partial charge in [0, 0.05) is 4.47 Å². The standard InChI is InChI=1S/C17H17Br2Cl/c1-3-11-8-9-12(4-2)14(10-11)16(19)13-6-5-7-15(18)17(13)20/h5-10,16H,3-4H2,1-2H3. The van der Waals surface area contributed by atoms with E-state index in [1.165, 1.54) is 16.7 Å². The maximum atomic E-state index is 6.43. The van der Waals surface area contributed by atoms with Crippen LogP contribution >= 0.6 is 43.5 Å². The Morgan fingerprint density at radius 3 is 2.45 bits per heavy atom. The minimum atomic E-state index is 0.119. The Labute approximate surface area is 142 Å². The molecule has 0 radical (unpaired) electrons. The molecule has 0 saturated heterocycles. The van der Waals surface area contributed by atoms with Crippen LogP contribution in [0.25, 0.3) is 0 Å². The molecule has 1 unspecified atom stereocenters. The molecule has 0 aliphatic rings. The van der Waals surface area contributed by atoms with E-state index in [-0.39, 0.29) is 4.83 Å². The van der Waals surface area contributed by atoms with Gasteiger partial charge in [0.2, 0.25) is 0 Å². The third kappa shape index (κ3) is 3.29. The van der Waals surface area contributed by atoms with Gasteiger partial charge < -0.3 is 0 Å². The fraction of sp³-hybridized carbons (Fsp3) is 0.294. The predicted octanol–water partition coefficient (Wildman–Crippen LogP) is 6.71. The molecule has 20 heavy (non-hydrogen) atoms. The lowest BCUT2D eigenvalue weighted by atomic mass is 9.95. The predicted molar refractivity (Wildman–Crippen MR) is 95.1 cm³/mol. The second-order valence-electron chi connectivity index (χ2n) is 4.75. The molecule has 1 atom stereocenters. The largest absolute Gasteiger partial charge is 0.0827 e. The van der Waals surface area contributed by atoms with Crippen molar-refractivity contribution in [1.82, 2.24) is 0 Å². The van der Waals surface area contributed by atoms with Crippen molar-refractivity contribution in [3.63, 3.8) is 0 Å². The van der Waals surface area contributed by atoms with E-state index in [0.29, 0.717) is 0 Å². The molecule has 0 N–H and O–H groups in total. The Balaban J connectivity index is 2.51. The second-order valence-corrected chi connectivity index (χ2v) is 6.89. The van der Waals surface area contributed by atoms with E-state index in [2.05, 4.69) is 70.0 Å². The smallest absolute Gasteiger partial charge is 0.0662 e. The van der Waals surface area contributed by atoms with Crippen LogP contribution in [0.4, 0.5) is 0 Å².